The number of anilines is 1. The SMILES string of the molecule is CCCOc1ccc(NC(=O)NCCc2cc(F)cc3c2OCOC3)cc1OCCC. The van der Waals surface area contributed by atoms with Gasteiger partial charge in [0.05, 0.1) is 19.8 Å². The molecular formula is C23H29FN2O5. The summed E-state index contributed by atoms with van der Waals surface area (Å²) in [4.78, 5) is 12.3. The molecule has 3 rings (SSSR count). The van der Waals surface area contributed by atoms with E-state index < -0.39 is 0 Å². The Hall–Kier alpha value is -3.00. The summed E-state index contributed by atoms with van der Waals surface area (Å²) in [5, 5.41) is 5.58. The van der Waals surface area contributed by atoms with E-state index in [1.807, 2.05) is 13.8 Å². The summed E-state index contributed by atoms with van der Waals surface area (Å²) in [5.74, 6) is 1.53. The summed E-state index contributed by atoms with van der Waals surface area (Å²) in [6.45, 7) is 5.98. The number of urea groups is 1. The summed E-state index contributed by atoms with van der Waals surface area (Å²) in [7, 11) is 0. The van der Waals surface area contributed by atoms with E-state index in [2.05, 4.69) is 10.6 Å². The second-order valence-electron chi connectivity index (χ2n) is 7.15. The minimum Gasteiger partial charge on any atom is -0.490 e. The van der Waals surface area contributed by atoms with Crippen molar-refractivity contribution < 1.29 is 28.1 Å². The molecule has 0 spiro atoms. The molecule has 1 aliphatic heterocycles. The average Bonchev–Trinajstić information content (AvgIpc) is 2.76. The molecule has 0 saturated carbocycles. The lowest BCUT2D eigenvalue weighted by molar-refractivity contribution is -0.0172. The van der Waals surface area contributed by atoms with E-state index in [1.165, 1.54) is 12.1 Å². The molecule has 168 valence electrons. The fourth-order valence-electron chi connectivity index (χ4n) is 3.17. The molecule has 1 heterocycles. The van der Waals surface area contributed by atoms with Gasteiger partial charge in [0, 0.05) is 23.9 Å². The van der Waals surface area contributed by atoms with Crippen molar-refractivity contribution in [2.24, 2.45) is 0 Å². The molecular weight excluding hydrogens is 403 g/mol. The van der Waals surface area contributed by atoms with Crippen molar-refractivity contribution in [3.05, 3.63) is 47.3 Å². The molecule has 0 radical (unpaired) electrons. The van der Waals surface area contributed by atoms with Gasteiger partial charge < -0.3 is 29.6 Å². The van der Waals surface area contributed by atoms with E-state index in [0.29, 0.717) is 66.8 Å². The van der Waals surface area contributed by atoms with Crippen LogP contribution in [0.5, 0.6) is 17.2 Å². The van der Waals surface area contributed by atoms with E-state index >= 15 is 0 Å². The summed E-state index contributed by atoms with van der Waals surface area (Å²) >= 11 is 0. The number of amides is 2. The molecule has 0 aliphatic carbocycles. The van der Waals surface area contributed by atoms with Gasteiger partial charge in [-0.2, -0.15) is 0 Å². The molecule has 0 aromatic heterocycles. The van der Waals surface area contributed by atoms with Crippen molar-refractivity contribution in [1.82, 2.24) is 5.32 Å². The Morgan fingerprint density at radius 2 is 1.87 bits per heavy atom. The minimum atomic E-state index is -0.363. The van der Waals surface area contributed by atoms with Crippen LogP contribution in [0.4, 0.5) is 14.9 Å². The molecule has 31 heavy (non-hydrogen) atoms. The lowest BCUT2D eigenvalue weighted by atomic mass is 10.1. The van der Waals surface area contributed by atoms with Gasteiger partial charge in [-0.1, -0.05) is 13.8 Å². The molecule has 0 unspecified atom stereocenters. The molecule has 2 aromatic rings. The molecule has 1 aliphatic rings. The zero-order valence-corrected chi connectivity index (χ0v) is 18.0. The van der Waals surface area contributed by atoms with Gasteiger partial charge >= 0.3 is 6.03 Å². The first-order chi connectivity index (χ1) is 15.1. The van der Waals surface area contributed by atoms with Gasteiger partial charge in [0.1, 0.15) is 11.6 Å². The van der Waals surface area contributed by atoms with Crippen LogP contribution in [0.15, 0.2) is 30.3 Å². The molecule has 8 heteroatoms. The number of ether oxygens (including phenoxy) is 4. The van der Waals surface area contributed by atoms with E-state index in [-0.39, 0.29) is 18.6 Å². The summed E-state index contributed by atoms with van der Waals surface area (Å²) in [6.07, 6.45) is 2.19. The molecule has 2 aromatic carbocycles. The fourth-order valence-corrected chi connectivity index (χ4v) is 3.17. The Bertz CT molecular complexity index is 891. The number of fused-ring (bicyclic) bond motifs is 1. The third-order valence-corrected chi connectivity index (χ3v) is 4.56. The highest BCUT2D eigenvalue weighted by Gasteiger charge is 2.17. The maximum Gasteiger partial charge on any atom is 0.319 e. The van der Waals surface area contributed by atoms with Gasteiger partial charge in [-0.25, -0.2) is 9.18 Å². The number of carbonyl (C=O) groups is 1. The number of nitrogens with one attached hydrogen (secondary N) is 2. The van der Waals surface area contributed by atoms with Gasteiger partial charge in [-0.15, -0.1) is 0 Å². The number of hydrogen-bond donors (Lipinski definition) is 2. The van der Waals surface area contributed by atoms with Crippen molar-refractivity contribution in [2.75, 3.05) is 31.9 Å². The van der Waals surface area contributed by atoms with Gasteiger partial charge in [0.25, 0.3) is 0 Å². The Morgan fingerprint density at radius 3 is 2.65 bits per heavy atom. The molecule has 0 atom stereocenters. The Labute approximate surface area is 181 Å². The second kappa shape index (κ2) is 11.4. The predicted octanol–water partition coefficient (Wildman–Crippen LogP) is 4.63. The molecule has 0 saturated heterocycles. The minimum absolute atomic E-state index is 0.139. The monoisotopic (exact) mass is 432 g/mol. The standard InChI is InChI=1S/C23H29FN2O5/c1-3-9-29-20-6-5-19(13-21(20)30-10-4-2)26-23(27)25-8-7-16-11-18(24)12-17-14-28-15-31-22(16)17/h5-6,11-13H,3-4,7-10,14-15H2,1-2H3,(H2,25,26,27). The van der Waals surface area contributed by atoms with Crippen LogP contribution in [0, 0.1) is 5.82 Å². The van der Waals surface area contributed by atoms with E-state index in [9.17, 15) is 9.18 Å². The third-order valence-electron chi connectivity index (χ3n) is 4.56. The van der Waals surface area contributed by atoms with Crippen molar-refractivity contribution in [1.29, 1.82) is 0 Å². The zero-order valence-electron chi connectivity index (χ0n) is 18.0. The maximum atomic E-state index is 13.8. The Kier molecular flexibility index (Phi) is 8.35. The van der Waals surface area contributed by atoms with Crippen molar-refractivity contribution in [2.45, 2.75) is 39.7 Å². The van der Waals surface area contributed by atoms with Crippen LogP contribution in [0.25, 0.3) is 0 Å². The highest BCUT2D eigenvalue weighted by molar-refractivity contribution is 5.89. The van der Waals surface area contributed by atoms with E-state index in [0.717, 1.165) is 12.8 Å². The normalized spacial score (nSPS) is 12.5. The van der Waals surface area contributed by atoms with E-state index in [1.54, 1.807) is 18.2 Å². The summed E-state index contributed by atoms with van der Waals surface area (Å²) < 4.78 is 36.0. The van der Waals surface area contributed by atoms with Crippen LogP contribution in [-0.2, 0) is 17.8 Å². The lowest BCUT2D eigenvalue weighted by Crippen LogP contribution is -2.30. The van der Waals surface area contributed by atoms with Crippen LogP contribution >= 0.6 is 0 Å². The van der Waals surface area contributed by atoms with Crippen molar-refractivity contribution in [3.8, 4) is 17.2 Å². The number of hydrogen-bond acceptors (Lipinski definition) is 5. The molecule has 7 nitrogen and oxygen atoms in total. The third kappa shape index (κ3) is 6.49. The van der Waals surface area contributed by atoms with Crippen LogP contribution in [0.2, 0.25) is 0 Å². The largest absolute Gasteiger partial charge is 0.490 e. The zero-order chi connectivity index (χ0) is 22.1. The highest BCUT2D eigenvalue weighted by Crippen LogP contribution is 2.31. The lowest BCUT2D eigenvalue weighted by Gasteiger charge is -2.21. The van der Waals surface area contributed by atoms with Gasteiger partial charge in [-0.05, 0) is 49.1 Å². The maximum absolute atomic E-state index is 13.8. The number of benzene rings is 2. The van der Waals surface area contributed by atoms with Crippen LogP contribution in [-0.4, -0.2) is 32.6 Å². The Morgan fingerprint density at radius 1 is 1.10 bits per heavy atom. The summed E-state index contributed by atoms with van der Waals surface area (Å²) in [5.41, 5.74) is 1.97. The number of halogens is 1. The topological polar surface area (TPSA) is 78.1 Å². The first-order valence-corrected chi connectivity index (χ1v) is 10.6. The molecule has 2 amide bonds. The average molecular weight is 432 g/mol. The molecule has 0 fully saturated rings. The first kappa shape index (κ1) is 22.7. The van der Waals surface area contributed by atoms with E-state index in [4.69, 9.17) is 18.9 Å². The predicted molar refractivity (Wildman–Crippen MR) is 115 cm³/mol. The molecule has 2 N–H and O–H groups in total. The summed E-state index contributed by atoms with van der Waals surface area (Å²) in [6, 6.07) is 7.77. The fraction of sp³-hybridized carbons (Fsp3) is 0.435. The van der Waals surface area contributed by atoms with Gasteiger partial charge in [0.15, 0.2) is 18.3 Å². The van der Waals surface area contributed by atoms with Crippen LogP contribution < -0.4 is 24.8 Å². The number of carbonyl (C=O) groups excluding carboxylic acids is 1. The smallest absolute Gasteiger partial charge is 0.319 e. The first-order valence-electron chi connectivity index (χ1n) is 10.6. The second-order valence-corrected chi connectivity index (χ2v) is 7.15. The van der Waals surface area contributed by atoms with Crippen LogP contribution in [0.1, 0.15) is 37.8 Å². The van der Waals surface area contributed by atoms with Crippen molar-refractivity contribution in [3.63, 3.8) is 0 Å². The van der Waals surface area contributed by atoms with Gasteiger partial charge in [-0.3, -0.25) is 0 Å². The number of rotatable bonds is 10. The quantitative estimate of drug-likeness (QED) is 0.572. The van der Waals surface area contributed by atoms with Crippen LogP contribution in [0.3, 0.4) is 0 Å². The highest BCUT2D eigenvalue weighted by atomic mass is 19.1. The van der Waals surface area contributed by atoms with Gasteiger partial charge in [0.2, 0.25) is 0 Å². The van der Waals surface area contributed by atoms with Crippen molar-refractivity contribution >= 4 is 11.7 Å². The Balaban J connectivity index is 1.56. The molecule has 0 bridgehead atoms.